The zero-order valence-electron chi connectivity index (χ0n) is 16.5. The van der Waals surface area contributed by atoms with Crippen LogP contribution in [0.5, 0.6) is 5.75 Å². The Morgan fingerprint density at radius 2 is 1.86 bits per heavy atom. The van der Waals surface area contributed by atoms with E-state index >= 15 is 0 Å². The Kier molecular flexibility index (Phi) is 8.27. The van der Waals surface area contributed by atoms with Gasteiger partial charge in [-0.25, -0.2) is 4.79 Å². The van der Waals surface area contributed by atoms with Crippen molar-refractivity contribution in [2.45, 2.75) is 40.0 Å². The van der Waals surface area contributed by atoms with Gasteiger partial charge in [0.1, 0.15) is 18.4 Å². The number of nitrogens with zero attached hydrogens (tertiary/aromatic N) is 1. The Morgan fingerprint density at radius 3 is 2.46 bits per heavy atom. The number of hydrogen-bond donors (Lipinski definition) is 2. The lowest BCUT2D eigenvalue weighted by atomic mass is 10.0. The van der Waals surface area contributed by atoms with Crippen molar-refractivity contribution in [3.05, 3.63) is 59.9 Å². The molecule has 0 fully saturated rings. The van der Waals surface area contributed by atoms with Crippen molar-refractivity contribution < 1.29 is 19.1 Å². The van der Waals surface area contributed by atoms with Crippen LogP contribution in [0.15, 0.2) is 48.7 Å². The molecule has 1 unspecified atom stereocenters. The van der Waals surface area contributed by atoms with Crippen LogP contribution in [0.1, 0.15) is 32.0 Å². The maximum Gasteiger partial charge on any atom is 0.407 e. The molecule has 7 nitrogen and oxygen atoms in total. The molecule has 7 heteroatoms. The van der Waals surface area contributed by atoms with Crippen LogP contribution < -0.4 is 15.4 Å². The van der Waals surface area contributed by atoms with Crippen molar-refractivity contribution in [1.29, 1.82) is 0 Å². The van der Waals surface area contributed by atoms with Crippen LogP contribution in [-0.4, -0.2) is 29.6 Å². The number of ether oxygens (including phenoxy) is 2. The van der Waals surface area contributed by atoms with Crippen molar-refractivity contribution in [3.63, 3.8) is 0 Å². The van der Waals surface area contributed by atoms with Crippen molar-refractivity contribution in [2.24, 2.45) is 5.92 Å². The lowest BCUT2D eigenvalue weighted by Crippen LogP contribution is -2.49. The lowest BCUT2D eigenvalue weighted by molar-refractivity contribution is -0.124. The van der Waals surface area contributed by atoms with Crippen LogP contribution in [0.4, 0.5) is 4.79 Å². The molecule has 0 spiro atoms. The number of alkyl carbamates (subject to hydrolysis) is 1. The molecular formula is C21H27N3O4. The van der Waals surface area contributed by atoms with Gasteiger partial charge in [0.15, 0.2) is 0 Å². The number of hydrogen-bond acceptors (Lipinski definition) is 5. The van der Waals surface area contributed by atoms with Crippen LogP contribution in [-0.2, 0) is 22.7 Å². The summed E-state index contributed by atoms with van der Waals surface area (Å²) in [6.45, 7) is 6.45. The van der Waals surface area contributed by atoms with Gasteiger partial charge in [0.05, 0.1) is 12.3 Å². The second kappa shape index (κ2) is 10.9. The van der Waals surface area contributed by atoms with E-state index in [1.807, 2.05) is 56.3 Å². The minimum absolute atomic E-state index is 0.0632. The molecule has 0 radical (unpaired) electrons. The number of benzene rings is 1. The van der Waals surface area contributed by atoms with Crippen LogP contribution in [0.3, 0.4) is 0 Å². The molecule has 0 saturated carbocycles. The van der Waals surface area contributed by atoms with Crippen LogP contribution in [0.25, 0.3) is 0 Å². The fourth-order valence-corrected chi connectivity index (χ4v) is 2.48. The summed E-state index contributed by atoms with van der Waals surface area (Å²) >= 11 is 0. The van der Waals surface area contributed by atoms with Gasteiger partial charge in [-0.2, -0.15) is 0 Å². The Balaban J connectivity index is 1.83. The lowest BCUT2D eigenvalue weighted by Gasteiger charge is -2.21. The number of carbonyl (C=O) groups is 2. The smallest absolute Gasteiger partial charge is 0.407 e. The third-order valence-electron chi connectivity index (χ3n) is 4.00. The summed E-state index contributed by atoms with van der Waals surface area (Å²) in [6.07, 6.45) is 1.14. The second-order valence-electron chi connectivity index (χ2n) is 6.56. The standard InChI is InChI=1S/C21H27N3O4/c1-4-27-21(26)24-19(15(2)3)20(25)23-13-16-8-10-18(11-9-16)28-14-17-7-5-6-12-22-17/h5-12,15,19H,4,13-14H2,1-3H3,(H,23,25)(H,24,26). The zero-order chi connectivity index (χ0) is 20.4. The molecule has 0 aliphatic carbocycles. The Labute approximate surface area is 165 Å². The third-order valence-corrected chi connectivity index (χ3v) is 4.00. The van der Waals surface area contributed by atoms with E-state index in [4.69, 9.17) is 9.47 Å². The highest BCUT2D eigenvalue weighted by Crippen LogP contribution is 2.14. The first-order valence-corrected chi connectivity index (χ1v) is 9.32. The molecule has 0 saturated heterocycles. The average Bonchev–Trinajstić information content (AvgIpc) is 2.70. The number of aromatic nitrogens is 1. The Hall–Kier alpha value is -3.09. The summed E-state index contributed by atoms with van der Waals surface area (Å²) in [5, 5.41) is 5.44. The number of amides is 2. The number of pyridine rings is 1. The van der Waals surface area contributed by atoms with Gasteiger partial charge in [-0.15, -0.1) is 0 Å². The van der Waals surface area contributed by atoms with Gasteiger partial charge < -0.3 is 20.1 Å². The van der Waals surface area contributed by atoms with Gasteiger partial charge >= 0.3 is 6.09 Å². The minimum Gasteiger partial charge on any atom is -0.487 e. The quantitative estimate of drug-likeness (QED) is 0.692. The number of rotatable bonds is 9. The highest BCUT2D eigenvalue weighted by Gasteiger charge is 2.24. The summed E-state index contributed by atoms with van der Waals surface area (Å²) in [5.74, 6) is 0.412. The van der Waals surface area contributed by atoms with Crippen molar-refractivity contribution in [2.75, 3.05) is 6.61 Å². The van der Waals surface area contributed by atoms with E-state index < -0.39 is 12.1 Å². The topological polar surface area (TPSA) is 89.5 Å². The molecule has 0 bridgehead atoms. The first-order chi connectivity index (χ1) is 13.5. The fraction of sp³-hybridized carbons (Fsp3) is 0.381. The van der Waals surface area contributed by atoms with Gasteiger partial charge in [0.2, 0.25) is 5.91 Å². The Morgan fingerprint density at radius 1 is 1.11 bits per heavy atom. The molecule has 1 aromatic heterocycles. The summed E-state index contributed by atoms with van der Waals surface area (Å²) in [4.78, 5) is 28.2. The molecule has 150 valence electrons. The molecule has 2 aromatic rings. The van der Waals surface area contributed by atoms with E-state index in [1.165, 1.54) is 0 Å². The van der Waals surface area contributed by atoms with E-state index in [0.29, 0.717) is 13.2 Å². The number of nitrogens with one attached hydrogen (secondary N) is 2. The van der Waals surface area contributed by atoms with Crippen molar-refractivity contribution in [1.82, 2.24) is 15.6 Å². The molecule has 0 aliphatic rings. The molecule has 2 rings (SSSR count). The minimum atomic E-state index is -0.653. The molecule has 28 heavy (non-hydrogen) atoms. The molecule has 1 aromatic carbocycles. The van der Waals surface area contributed by atoms with E-state index in [9.17, 15) is 9.59 Å². The van der Waals surface area contributed by atoms with Crippen LogP contribution in [0.2, 0.25) is 0 Å². The van der Waals surface area contributed by atoms with E-state index in [1.54, 1.807) is 13.1 Å². The van der Waals surface area contributed by atoms with Crippen molar-refractivity contribution in [3.8, 4) is 5.75 Å². The molecule has 2 N–H and O–H groups in total. The zero-order valence-corrected chi connectivity index (χ0v) is 16.5. The van der Waals surface area contributed by atoms with Crippen LogP contribution >= 0.6 is 0 Å². The van der Waals surface area contributed by atoms with E-state index in [0.717, 1.165) is 17.0 Å². The monoisotopic (exact) mass is 385 g/mol. The van der Waals surface area contributed by atoms with E-state index in [2.05, 4.69) is 15.6 Å². The summed E-state index contributed by atoms with van der Waals surface area (Å²) < 4.78 is 10.6. The Bertz CT molecular complexity index is 748. The second-order valence-corrected chi connectivity index (χ2v) is 6.56. The number of carbonyl (C=O) groups excluding carboxylic acids is 2. The van der Waals surface area contributed by atoms with Crippen LogP contribution in [0, 0.1) is 5.92 Å². The van der Waals surface area contributed by atoms with E-state index in [-0.39, 0.29) is 18.4 Å². The molecule has 1 heterocycles. The molecule has 1 atom stereocenters. The highest BCUT2D eigenvalue weighted by molar-refractivity contribution is 5.85. The van der Waals surface area contributed by atoms with Gasteiger partial charge in [0.25, 0.3) is 0 Å². The summed E-state index contributed by atoms with van der Waals surface area (Å²) in [6, 6.07) is 12.5. The molecular weight excluding hydrogens is 358 g/mol. The molecule has 2 amide bonds. The third kappa shape index (κ3) is 6.90. The summed E-state index contributed by atoms with van der Waals surface area (Å²) in [7, 11) is 0. The predicted octanol–water partition coefficient (Wildman–Crippen LogP) is 3.05. The average molecular weight is 385 g/mol. The first-order valence-electron chi connectivity index (χ1n) is 9.32. The SMILES string of the molecule is CCOC(=O)NC(C(=O)NCc1ccc(OCc2ccccn2)cc1)C(C)C. The van der Waals surface area contributed by atoms with Crippen molar-refractivity contribution >= 4 is 12.0 Å². The van der Waals surface area contributed by atoms with Gasteiger partial charge in [0, 0.05) is 12.7 Å². The maximum atomic E-state index is 12.4. The normalized spacial score (nSPS) is 11.6. The van der Waals surface area contributed by atoms with Gasteiger partial charge in [-0.05, 0) is 42.7 Å². The maximum absolute atomic E-state index is 12.4. The highest BCUT2D eigenvalue weighted by atomic mass is 16.5. The summed E-state index contributed by atoms with van der Waals surface area (Å²) in [5.41, 5.74) is 1.78. The van der Waals surface area contributed by atoms with Gasteiger partial charge in [-0.1, -0.05) is 32.0 Å². The fourth-order valence-electron chi connectivity index (χ4n) is 2.48. The predicted molar refractivity (Wildman–Crippen MR) is 106 cm³/mol. The largest absolute Gasteiger partial charge is 0.487 e. The van der Waals surface area contributed by atoms with Gasteiger partial charge in [-0.3, -0.25) is 9.78 Å². The first kappa shape index (κ1) is 21.2. The molecule has 0 aliphatic heterocycles.